The Hall–Kier alpha value is -1.76. The van der Waals surface area contributed by atoms with E-state index in [0.717, 1.165) is 5.56 Å². The SMILES string of the molecule is CCN(Cc1ccccc1Cl)S(=O)(=O)c1ccc2c(c1)OCCO2. The summed E-state index contributed by atoms with van der Waals surface area (Å²) >= 11 is 6.16. The molecule has 0 bridgehead atoms. The van der Waals surface area contributed by atoms with E-state index >= 15 is 0 Å². The normalized spacial score (nSPS) is 14.0. The maximum absolute atomic E-state index is 13.0. The maximum Gasteiger partial charge on any atom is 0.243 e. The van der Waals surface area contributed by atoms with Gasteiger partial charge in [-0.05, 0) is 23.8 Å². The topological polar surface area (TPSA) is 55.8 Å². The highest BCUT2D eigenvalue weighted by molar-refractivity contribution is 7.89. The summed E-state index contributed by atoms with van der Waals surface area (Å²) in [7, 11) is -3.66. The number of sulfonamides is 1. The molecule has 0 unspecified atom stereocenters. The lowest BCUT2D eigenvalue weighted by atomic mass is 10.2. The number of benzene rings is 2. The molecule has 2 aromatic carbocycles. The van der Waals surface area contributed by atoms with Crippen LogP contribution in [0.3, 0.4) is 0 Å². The van der Waals surface area contributed by atoms with Gasteiger partial charge in [0.2, 0.25) is 10.0 Å². The number of fused-ring (bicyclic) bond motifs is 1. The molecule has 24 heavy (non-hydrogen) atoms. The van der Waals surface area contributed by atoms with Crippen LogP contribution >= 0.6 is 11.6 Å². The van der Waals surface area contributed by atoms with E-state index in [4.69, 9.17) is 21.1 Å². The first-order valence-corrected chi connectivity index (χ1v) is 9.47. The Morgan fingerprint density at radius 2 is 1.79 bits per heavy atom. The molecule has 0 N–H and O–H groups in total. The van der Waals surface area contributed by atoms with Crippen molar-refractivity contribution in [1.82, 2.24) is 4.31 Å². The van der Waals surface area contributed by atoms with Crippen molar-refractivity contribution in [3.8, 4) is 11.5 Å². The molecule has 1 aliphatic rings. The fourth-order valence-corrected chi connectivity index (χ4v) is 4.16. The zero-order chi connectivity index (χ0) is 17.2. The molecule has 128 valence electrons. The van der Waals surface area contributed by atoms with Crippen molar-refractivity contribution >= 4 is 21.6 Å². The molecule has 1 aliphatic heterocycles. The molecule has 0 fully saturated rings. The lowest BCUT2D eigenvalue weighted by Crippen LogP contribution is -2.30. The average Bonchev–Trinajstić information content (AvgIpc) is 2.60. The Labute approximate surface area is 146 Å². The summed E-state index contributed by atoms with van der Waals surface area (Å²) in [6.45, 7) is 3.22. The largest absolute Gasteiger partial charge is 0.486 e. The zero-order valence-corrected chi connectivity index (χ0v) is 14.8. The molecule has 7 heteroatoms. The lowest BCUT2D eigenvalue weighted by molar-refractivity contribution is 0.171. The van der Waals surface area contributed by atoms with E-state index in [-0.39, 0.29) is 11.4 Å². The third kappa shape index (κ3) is 3.36. The van der Waals surface area contributed by atoms with Crippen LogP contribution in [-0.4, -0.2) is 32.5 Å². The smallest absolute Gasteiger partial charge is 0.243 e. The van der Waals surface area contributed by atoms with Gasteiger partial charge in [-0.3, -0.25) is 0 Å². The summed E-state index contributed by atoms with van der Waals surface area (Å²) < 4.78 is 38.2. The lowest BCUT2D eigenvalue weighted by Gasteiger charge is -2.23. The Morgan fingerprint density at radius 3 is 2.50 bits per heavy atom. The molecular formula is C17H18ClNO4S. The van der Waals surface area contributed by atoms with Crippen LogP contribution < -0.4 is 9.47 Å². The highest BCUT2D eigenvalue weighted by atomic mass is 35.5. The van der Waals surface area contributed by atoms with Gasteiger partial charge >= 0.3 is 0 Å². The second kappa shape index (κ2) is 7.01. The molecule has 2 aromatic rings. The fraction of sp³-hybridized carbons (Fsp3) is 0.294. The molecule has 0 radical (unpaired) electrons. The van der Waals surface area contributed by atoms with E-state index in [0.29, 0.717) is 36.3 Å². The van der Waals surface area contributed by atoms with E-state index in [1.807, 2.05) is 18.2 Å². The van der Waals surface area contributed by atoms with Crippen molar-refractivity contribution in [3.05, 3.63) is 53.1 Å². The van der Waals surface area contributed by atoms with Gasteiger partial charge < -0.3 is 9.47 Å². The number of rotatable bonds is 5. The predicted molar refractivity (Wildman–Crippen MR) is 92.2 cm³/mol. The highest BCUT2D eigenvalue weighted by Crippen LogP contribution is 2.33. The summed E-state index contributed by atoms with van der Waals surface area (Å²) in [4.78, 5) is 0.181. The number of nitrogens with zero attached hydrogens (tertiary/aromatic N) is 1. The van der Waals surface area contributed by atoms with Crippen LogP contribution in [0.15, 0.2) is 47.4 Å². The molecule has 3 rings (SSSR count). The van der Waals surface area contributed by atoms with Crippen LogP contribution in [0.25, 0.3) is 0 Å². The summed E-state index contributed by atoms with van der Waals surface area (Å²) in [5.74, 6) is 1.02. The summed E-state index contributed by atoms with van der Waals surface area (Å²) in [5, 5.41) is 0.549. The van der Waals surface area contributed by atoms with Gasteiger partial charge in [-0.2, -0.15) is 4.31 Å². The van der Waals surface area contributed by atoms with Crippen LogP contribution in [0.1, 0.15) is 12.5 Å². The molecule has 5 nitrogen and oxygen atoms in total. The number of halogens is 1. The molecule has 0 aliphatic carbocycles. The van der Waals surface area contributed by atoms with Gasteiger partial charge in [0.15, 0.2) is 11.5 Å². The summed E-state index contributed by atoms with van der Waals surface area (Å²) in [5.41, 5.74) is 0.766. The van der Waals surface area contributed by atoms with Gasteiger partial charge in [-0.15, -0.1) is 0 Å². The Morgan fingerprint density at radius 1 is 1.08 bits per heavy atom. The van der Waals surface area contributed by atoms with Crippen molar-refractivity contribution in [3.63, 3.8) is 0 Å². The van der Waals surface area contributed by atoms with Crippen LogP contribution in [0.5, 0.6) is 11.5 Å². The van der Waals surface area contributed by atoms with Crippen LogP contribution in [0.2, 0.25) is 5.02 Å². The third-order valence-electron chi connectivity index (χ3n) is 3.81. The minimum Gasteiger partial charge on any atom is -0.486 e. The third-order valence-corrected chi connectivity index (χ3v) is 6.09. The van der Waals surface area contributed by atoms with Crippen LogP contribution in [0.4, 0.5) is 0 Å². The standard InChI is InChI=1S/C17H18ClNO4S/c1-2-19(12-13-5-3-4-6-15(13)18)24(20,21)14-7-8-16-17(11-14)23-10-9-22-16/h3-8,11H,2,9-10,12H2,1H3. The van der Waals surface area contributed by atoms with E-state index in [1.54, 1.807) is 19.1 Å². The first-order valence-electron chi connectivity index (χ1n) is 7.65. The average molecular weight is 368 g/mol. The van der Waals surface area contributed by atoms with Gasteiger partial charge in [0.25, 0.3) is 0 Å². The molecule has 0 aromatic heterocycles. The zero-order valence-electron chi connectivity index (χ0n) is 13.2. The van der Waals surface area contributed by atoms with Crippen molar-refractivity contribution in [2.24, 2.45) is 0 Å². The monoisotopic (exact) mass is 367 g/mol. The number of ether oxygens (including phenoxy) is 2. The van der Waals surface area contributed by atoms with E-state index < -0.39 is 10.0 Å². The van der Waals surface area contributed by atoms with Crippen LogP contribution in [-0.2, 0) is 16.6 Å². The quantitative estimate of drug-likeness (QED) is 0.813. The molecule has 0 amide bonds. The van der Waals surface area contributed by atoms with Crippen molar-refractivity contribution < 1.29 is 17.9 Å². The second-order valence-corrected chi connectivity index (χ2v) is 7.67. The van der Waals surface area contributed by atoms with E-state index in [9.17, 15) is 8.42 Å². The molecular weight excluding hydrogens is 350 g/mol. The van der Waals surface area contributed by atoms with Gasteiger partial charge in [0.05, 0.1) is 4.90 Å². The molecule has 0 saturated heterocycles. The Balaban J connectivity index is 1.91. The van der Waals surface area contributed by atoms with Crippen molar-refractivity contribution in [1.29, 1.82) is 0 Å². The summed E-state index contributed by atoms with van der Waals surface area (Å²) in [6, 6.07) is 11.9. The van der Waals surface area contributed by atoms with Crippen LogP contribution in [0, 0.1) is 0 Å². The molecule has 1 heterocycles. The van der Waals surface area contributed by atoms with Gasteiger partial charge in [0.1, 0.15) is 13.2 Å². The first-order chi connectivity index (χ1) is 11.5. The number of hydrogen-bond acceptors (Lipinski definition) is 4. The minimum absolute atomic E-state index is 0.181. The van der Waals surface area contributed by atoms with Crippen molar-refractivity contribution in [2.75, 3.05) is 19.8 Å². The second-order valence-electron chi connectivity index (χ2n) is 5.33. The Kier molecular flexibility index (Phi) is 4.99. The predicted octanol–water partition coefficient (Wildman–Crippen LogP) is 3.32. The molecule has 0 saturated carbocycles. The van der Waals surface area contributed by atoms with E-state index in [1.165, 1.54) is 16.4 Å². The van der Waals surface area contributed by atoms with Gasteiger partial charge in [-0.25, -0.2) is 8.42 Å². The first kappa shape index (κ1) is 17.1. The molecule has 0 atom stereocenters. The maximum atomic E-state index is 13.0. The fourth-order valence-electron chi connectivity index (χ4n) is 2.52. The van der Waals surface area contributed by atoms with Gasteiger partial charge in [-0.1, -0.05) is 36.7 Å². The van der Waals surface area contributed by atoms with Crippen molar-refractivity contribution in [2.45, 2.75) is 18.4 Å². The Bertz CT molecular complexity index is 838. The molecule has 0 spiro atoms. The minimum atomic E-state index is -3.66. The van der Waals surface area contributed by atoms with E-state index in [2.05, 4.69) is 0 Å². The summed E-state index contributed by atoms with van der Waals surface area (Å²) in [6.07, 6.45) is 0. The van der Waals surface area contributed by atoms with Gasteiger partial charge in [0, 0.05) is 24.2 Å². The highest BCUT2D eigenvalue weighted by Gasteiger charge is 2.26. The number of hydrogen-bond donors (Lipinski definition) is 0.